The highest BCUT2D eigenvalue weighted by atomic mass is 19.4. The minimum atomic E-state index is -5.08. The number of carboxylic acid groups (broad SMARTS) is 1. The Morgan fingerprint density at radius 2 is 1.79 bits per heavy atom. The Bertz CT molecular complexity index is 913. The third kappa shape index (κ3) is 6.24. The average Bonchev–Trinajstić information content (AvgIpc) is 3.18. The quantitative estimate of drug-likeness (QED) is 0.705. The van der Waals surface area contributed by atoms with E-state index in [2.05, 4.69) is 15.5 Å². The summed E-state index contributed by atoms with van der Waals surface area (Å²) in [5.74, 6) is -2.46. The average molecular weight is 393 g/mol. The van der Waals surface area contributed by atoms with Crippen molar-refractivity contribution in [2.24, 2.45) is 0 Å². The van der Waals surface area contributed by atoms with Gasteiger partial charge >= 0.3 is 12.1 Å². The molecule has 146 valence electrons. The van der Waals surface area contributed by atoms with Gasteiger partial charge in [-0.15, -0.1) is 0 Å². The molecule has 1 amide bonds. The van der Waals surface area contributed by atoms with Crippen LogP contribution in [0.5, 0.6) is 0 Å². The number of nitrogens with one attached hydrogen (secondary N) is 1. The van der Waals surface area contributed by atoms with Crippen LogP contribution in [-0.2, 0) is 11.3 Å². The highest BCUT2D eigenvalue weighted by molar-refractivity contribution is 5.93. The van der Waals surface area contributed by atoms with Gasteiger partial charge in [-0.1, -0.05) is 41.6 Å². The highest BCUT2D eigenvalue weighted by Gasteiger charge is 2.38. The Hall–Kier alpha value is -3.69. The number of aliphatic carboxylic acids is 1. The summed E-state index contributed by atoms with van der Waals surface area (Å²) in [6.07, 6.45) is -1.69. The van der Waals surface area contributed by atoms with Crippen LogP contribution < -0.4 is 5.32 Å². The van der Waals surface area contributed by atoms with Crippen molar-refractivity contribution >= 4 is 11.9 Å². The fourth-order valence-corrected chi connectivity index (χ4v) is 1.90. The van der Waals surface area contributed by atoms with Crippen LogP contribution in [0.25, 0.3) is 11.3 Å². The fourth-order valence-electron chi connectivity index (χ4n) is 1.90. The van der Waals surface area contributed by atoms with E-state index in [4.69, 9.17) is 14.4 Å². The van der Waals surface area contributed by atoms with Gasteiger partial charge < -0.3 is 14.9 Å². The molecule has 2 heterocycles. The number of nitrogens with zero attached hydrogens (tertiary/aromatic N) is 2. The summed E-state index contributed by atoms with van der Waals surface area (Å²) in [5.41, 5.74) is 2.08. The standard InChI is InChI=1S/C16H13N3O2.C2HF3O2/c20-16(18-11-12-5-4-8-17-10-12)14-9-15(21-19-14)13-6-2-1-3-7-13;3-2(4,5)1(6)7/h1-10H,11H2,(H,18,20);(H,6,7). The summed E-state index contributed by atoms with van der Waals surface area (Å²) < 4.78 is 36.9. The molecule has 3 aromatic rings. The number of pyridine rings is 1. The molecule has 2 aromatic heterocycles. The van der Waals surface area contributed by atoms with E-state index in [0.717, 1.165) is 11.1 Å². The second-order valence-corrected chi connectivity index (χ2v) is 5.29. The minimum absolute atomic E-state index is 0.262. The zero-order valence-corrected chi connectivity index (χ0v) is 14.2. The number of benzene rings is 1. The molecule has 10 heteroatoms. The van der Waals surface area contributed by atoms with E-state index >= 15 is 0 Å². The molecule has 2 N–H and O–H groups in total. The molecule has 28 heavy (non-hydrogen) atoms. The van der Waals surface area contributed by atoms with Gasteiger partial charge in [-0.25, -0.2) is 4.79 Å². The third-order valence-corrected chi connectivity index (χ3v) is 3.22. The largest absolute Gasteiger partial charge is 0.490 e. The number of halogens is 3. The number of rotatable bonds is 4. The lowest BCUT2D eigenvalue weighted by atomic mass is 10.1. The lowest BCUT2D eigenvalue weighted by Gasteiger charge is -2.01. The molecule has 0 unspecified atom stereocenters. The molecule has 0 bridgehead atoms. The summed E-state index contributed by atoms with van der Waals surface area (Å²) in [5, 5.41) is 13.7. The first-order chi connectivity index (χ1) is 13.3. The smallest absolute Gasteiger partial charge is 0.475 e. The topological polar surface area (TPSA) is 105 Å². The predicted molar refractivity (Wildman–Crippen MR) is 91.0 cm³/mol. The number of carboxylic acids is 1. The van der Waals surface area contributed by atoms with E-state index in [9.17, 15) is 18.0 Å². The summed E-state index contributed by atoms with van der Waals surface area (Å²) in [7, 11) is 0. The molecule has 0 spiro atoms. The van der Waals surface area contributed by atoms with Gasteiger partial charge in [0.2, 0.25) is 0 Å². The maximum absolute atomic E-state index is 12.0. The maximum Gasteiger partial charge on any atom is 0.490 e. The number of carbonyl (C=O) groups is 2. The van der Waals surface area contributed by atoms with Crippen LogP contribution in [0, 0.1) is 0 Å². The van der Waals surface area contributed by atoms with Crippen LogP contribution in [0.4, 0.5) is 13.2 Å². The molecule has 0 atom stereocenters. The molecule has 0 fully saturated rings. The Morgan fingerprint density at radius 3 is 2.36 bits per heavy atom. The minimum Gasteiger partial charge on any atom is -0.475 e. The van der Waals surface area contributed by atoms with Gasteiger partial charge in [0, 0.05) is 30.6 Å². The lowest BCUT2D eigenvalue weighted by molar-refractivity contribution is -0.192. The molecule has 0 aliphatic carbocycles. The number of alkyl halides is 3. The van der Waals surface area contributed by atoms with Gasteiger partial charge in [-0.3, -0.25) is 9.78 Å². The van der Waals surface area contributed by atoms with Gasteiger partial charge in [-0.2, -0.15) is 13.2 Å². The molecular formula is C18H14F3N3O4. The van der Waals surface area contributed by atoms with Gasteiger partial charge in [0.1, 0.15) is 0 Å². The molecule has 0 aliphatic heterocycles. The number of aromatic nitrogens is 2. The van der Waals surface area contributed by atoms with Crippen LogP contribution in [0.3, 0.4) is 0 Å². The second kappa shape index (κ2) is 9.31. The van der Waals surface area contributed by atoms with Crippen molar-refractivity contribution in [2.45, 2.75) is 12.7 Å². The summed E-state index contributed by atoms with van der Waals surface area (Å²) in [6, 6.07) is 14.9. The van der Waals surface area contributed by atoms with Crippen LogP contribution in [-0.4, -0.2) is 33.3 Å². The molecule has 0 aliphatic rings. The van der Waals surface area contributed by atoms with Crippen molar-refractivity contribution in [3.63, 3.8) is 0 Å². The SMILES string of the molecule is O=C(NCc1cccnc1)c1cc(-c2ccccc2)on1.O=C(O)C(F)(F)F. The van der Waals surface area contributed by atoms with E-state index in [1.54, 1.807) is 18.5 Å². The molecule has 3 rings (SSSR count). The van der Waals surface area contributed by atoms with Crippen molar-refractivity contribution < 1.29 is 32.4 Å². The van der Waals surface area contributed by atoms with Crippen LogP contribution >= 0.6 is 0 Å². The molecular weight excluding hydrogens is 379 g/mol. The van der Waals surface area contributed by atoms with Gasteiger partial charge in [-0.05, 0) is 11.6 Å². The predicted octanol–water partition coefficient (Wildman–Crippen LogP) is 3.30. The van der Waals surface area contributed by atoms with Crippen molar-refractivity contribution in [3.8, 4) is 11.3 Å². The van der Waals surface area contributed by atoms with Gasteiger partial charge in [0.25, 0.3) is 5.91 Å². The lowest BCUT2D eigenvalue weighted by Crippen LogP contribution is -2.23. The summed E-state index contributed by atoms with van der Waals surface area (Å²) in [4.78, 5) is 24.9. The summed E-state index contributed by atoms with van der Waals surface area (Å²) >= 11 is 0. The third-order valence-electron chi connectivity index (χ3n) is 3.22. The normalized spacial score (nSPS) is 10.5. The Labute approximate surface area is 156 Å². The first-order valence-corrected chi connectivity index (χ1v) is 7.76. The van der Waals surface area contributed by atoms with Gasteiger partial charge in [0.05, 0.1) is 0 Å². The highest BCUT2D eigenvalue weighted by Crippen LogP contribution is 2.19. The number of hydrogen-bond donors (Lipinski definition) is 2. The molecule has 7 nitrogen and oxygen atoms in total. The first-order valence-electron chi connectivity index (χ1n) is 7.76. The van der Waals surface area contributed by atoms with E-state index in [-0.39, 0.29) is 11.6 Å². The van der Waals surface area contributed by atoms with Crippen molar-refractivity contribution in [1.29, 1.82) is 0 Å². The maximum atomic E-state index is 12.0. The summed E-state index contributed by atoms with van der Waals surface area (Å²) in [6.45, 7) is 0.403. The van der Waals surface area contributed by atoms with Crippen molar-refractivity contribution in [2.75, 3.05) is 0 Å². The van der Waals surface area contributed by atoms with Crippen LogP contribution in [0.2, 0.25) is 0 Å². The zero-order chi connectivity index (χ0) is 20.6. The van der Waals surface area contributed by atoms with E-state index in [0.29, 0.717) is 12.3 Å². The van der Waals surface area contributed by atoms with E-state index in [1.165, 1.54) is 0 Å². The Balaban J connectivity index is 0.000000345. The monoisotopic (exact) mass is 393 g/mol. The second-order valence-electron chi connectivity index (χ2n) is 5.29. The Kier molecular flexibility index (Phi) is 6.85. The molecule has 1 aromatic carbocycles. The molecule has 0 radical (unpaired) electrons. The number of hydrogen-bond acceptors (Lipinski definition) is 5. The molecule has 0 saturated carbocycles. The van der Waals surface area contributed by atoms with Gasteiger partial charge in [0.15, 0.2) is 11.5 Å². The Morgan fingerprint density at radius 1 is 1.11 bits per heavy atom. The van der Waals surface area contributed by atoms with Crippen LogP contribution in [0.15, 0.2) is 65.4 Å². The fraction of sp³-hybridized carbons (Fsp3) is 0.111. The number of amides is 1. The van der Waals surface area contributed by atoms with E-state index in [1.807, 2.05) is 42.5 Å². The molecule has 0 saturated heterocycles. The first kappa shape index (κ1) is 20.6. The van der Waals surface area contributed by atoms with Crippen molar-refractivity contribution in [1.82, 2.24) is 15.5 Å². The van der Waals surface area contributed by atoms with E-state index < -0.39 is 12.1 Å². The van der Waals surface area contributed by atoms with Crippen LogP contribution in [0.1, 0.15) is 16.1 Å². The van der Waals surface area contributed by atoms with Crippen molar-refractivity contribution in [3.05, 3.63) is 72.2 Å². The number of carbonyl (C=O) groups excluding carboxylic acids is 1. The zero-order valence-electron chi connectivity index (χ0n) is 14.2.